The van der Waals surface area contributed by atoms with Crippen LogP contribution in [0.4, 0.5) is 0 Å². The van der Waals surface area contributed by atoms with E-state index in [1.54, 1.807) is 24.3 Å². The van der Waals surface area contributed by atoms with E-state index in [9.17, 15) is 9.59 Å². The van der Waals surface area contributed by atoms with Crippen LogP contribution in [0.2, 0.25) is 0 Å². The molecule has 0 radical (unpaired) electrons. The zero-order chi connectivity index (χ0) is 15.4. The Morgan fingerprint density at radius 2 is 1.41 bits per heavy atom. The Morgan fingerprint density at radius 1 is 0.727 bits per heavy atom. The van der Waals surface area contributed by atoms with Gasteiger partial charge in [-0.2, -0.15) is 0 Å². The first-order chi connectivity index (χ1) is 10.7. The van der Waals surface area contributed by atoms with Crippen molar-refractivity contribution in [2.24, 2.45) is 0 Å². The van der Waals surface area contributed by atoms with Gasteiger partial charge in [-0.1, -0.05) is 60.5 Å². The average Bonchev–Trinajstić information content (AvgIpc) is 2.59. The van der Waals surface area contributed by atoms with E-state index in [0.29, 0.717) is 11.1 Å². The Balaban J connectivity index is 1.86. The molecule has 0 aliphatic rings. The zero-order valence-corrected chi connectivity index (χ0v) is 11.7. The molecule has 0 saturated heterocycles. The highest BCUT2D eigenvalue weighted by molar-refractivity contribution is 6.49. The van der Waals surface area contributed by atoms with Crippen LogP contribution in [0.5, 0.6) is 0 Å². The summed E-state index contributed by atoms with van der Waals surface area (Å²) in [6.07, 6.45) is 0. The van der Waals surface area contributed by atoms with Gasteiger partial charge in [-0.25, -0.2) is 0 Å². The predicted octanol–water partition coefficient (Wildman–Crippen LogP) is 3.64. The predicted molar refractivity (Wildman–Crippen MR) is 86.6 cm³/mol. The zero-order valence-electron chi connectivity index (χ0n) is 11.7. The van der Waals surface area contributed by atoms with Gasteiger partial charge in [0.1, 0.15) is 0 Å². The van der Waals surface area contributed by atoms with Crippen molar-refractivity contribution in [3.8, 4) is 11.8 Å². The molecular formula is C20H12O2. The van der Waals surface area contributed by atoms with Gasteiger partial charge in [0.2, 0.25) is 5.78 Å². The van der Waals surface area contributed by atoms with E-state index in [2.05, 4.69) is 11.8 Å². The van der Waals surface area contributed by atoms with Crippen LogP contribution in [-0.4, -0.2) is 11.6 Å². The highest BCUT2D eigenvalue weighted by atomic mass is 16.2. The Bertz CT molecular complexity index is 912. The van der Waals surface area contributed by atoms with E-state index < -0.39 is 11.6 Å². The summed E-state index contributed by atoms with van der Waals surface area (Å²) in [5, 5.41) is 1.96. The van der Waals surface area contributed by atoms with Crippen molar-refractivity contribution in [3.63, 3.8) is 0 Å². The lowest BCUT2D eigenvalue weighted by Crippen LogP contribution is -2.11. The molecule has 22 heavy (non-hydrogen) atoms. The van der Waals surface area contributed by atoms with E-state index in [0.717, 1.165) is 10.8 Å². The molecule has 2 heteroatoms. The van der Waals surface area contributed by atoms with Gasteiger partial charge in [0.05, 0.1) is 0 Å². The van der Waals surface area contributed by atoms with Gasteiger partial charge in [-0.05, 0) is 34.9 Å². The maximum absolute atomic E-state index is 12.2. The van der Waals surface area contributed by atoms with Gasteiger partial charge in [0, 0.05) is 11.1 Å². The topological polar surface area (TPSA) is 34.1 Å². The molecular weight excluding hydrogens is 272 g/mol. The standard InChI is InChI=1S/C20H12O2/c21-19(13-10-15-6-2-1-3-7-15)20(22)18-12-11-16-8-4-5-9-17(16)14-18/h1-9,11-12,14H. The number of fused-ring (bicyclic) bond motifs is 1. The number of rotatable bonds is 2. The SMILES string of the molecule is O=C(C#Cc1ccccc1)C(=O)c1ccc2ccccc2c1. The Kier molecular flexibility index (Phi) is 3.80. The van der Waals surface area contributed by atoms with Crippen LogP contribution in [0, 0.1) is 11.8 Å². The smallest absolute Gasteiger partial charge is 0.276 e. The van der Waals surface area contributed by atoms with Crippen LogP contribution in [0.15, 0.2) is 72.8 Å². The van der Waals surface area contributed by atoms with E-state index in [1.165, 1.54) is 0 Å². The maximum atomic E-state index is 12.2. The molecule has 0 fully saturated rings. The number of hydrogen-bond donors (Lipinski definition) is 0. The monoisotopic (exact) mass is 284 g/mol. The highest BCUT2D eigenvalue weighted by Crippen LogP contribution is 2.16. The average molecular weight is 284 g/mol. The van der Waals surface area contributed by atoms with Crippen molar-refractivity contribution < 1.29 is 9.59 Å². The van der Waals surface area contributed by atoms with E-state index in [4.69, 9.17) is 0 Å². The molecule has 0 bridgehead atoms. The third kappa shape index (κ3) is 2.94. The van der Waals surface area contributed by atoms with Gasteiger partial charge in [-0.3, -0.25) is 9.59 Å². The van der Waals surface area contributed by atoms with Gasteiger partial charge in [0.15, 0.2) is 0 Å². The van der Waals surface area contributed by atoms with Crippen LogP contribution in [0.1, 0.15) is 15.9 Å². The van der Waals surface area contributed by atoms with Gasteiger partial charge < -0.3 is 0 Å². The minimum Gasteiger partial charge on any atom is -0.284 e. The van der Waals surface area contributed by atoms with Gasteiger partial charge in [0.25, 0.3) is 5.78 Å². The number of hydrogen-bond acceptors (Lipinski definition) is 2. The largest absolute Gasteiger partial charge is 0.284 e. The second-order valence-corrected chi connectivity index (χ2v) is 4.84. The normalized spacial score (nSPS) is 9.82. The molecule has 0 aliphatic carbocycles. The van der Waals surface area contributed by atoms with Crippen molar-refractivity contribution >= 4 is 22.3 Å². The molecule has 104 valence electrons. The molecule has 0 N–H and O–H groups in total. The molecule has 3 aromatic carbocycles. The summed E-state index contributed by atoms with van der Waals surface area (Å²) in [4.78, 5) is 24.1. The quantitative estimate of drug-likeness (QED) is 0.409. The second-order valence-electron chi connectivity index (χ2n) is 4.84. The lowest BCUT2D eigenvalue weighted by Gasteiger charge is -2.00. The molecule has 0 heterocycles. The molecule has 2 nitrogen and oxygen atoms in total. The van der Waals surface area contributed by atoms with Crippen LogP contribution in [0.25, 0.3) is 10.8 Å². The first-order valence-electron chi connectivity index (χ1n) is 6.88. The van der Waals surface area contributed by atoms with Crippen LogP contribution in [0.3, 0.4) is 0 Å². The Morgan fingerprint density at radius 3 is 2.18 bits per heavy atom. The summed E-state index contributed by atoms with van der Waals surface area (Å²) < 4.78 is 0. The van der Waals surface area contributed by atoms with E-state index in [1.807, 2.05) is 48.5 Å². The minimum atomic E-state index is -0.695. The fourth-order valence-electron chi connectivity index (χ4n) is 2.17. The van der Waals surface area contributed by atoms with Crippen LogP contribution >= 0.6 is 0 Å². The molecule has 0 saturated carbocycles. The van der Waals surface area contributed by atoms with E-state index in [-0.39, 0.29) is 0 Å². The highest BCUT2D eigenvalue weighted by Gasteiger charge is 2.14. The number of benzene rings is 3. The number of ketones is 2. The van der Waals surface area contributed by atoms with Gasteiger partial charge >= 0.3 is 0 Å². The Hall–Kier alpha value is -3.18. The third-order valence-electron chi connectivity index (χ3n) is 3.31. The summed E-state index contributed by atoms with van der Waals surface area (Å²) in [5.41, 5.74) is 1.08. The lowest BCUT2D eigenvalue weighted by atomic mass is 10.0. The van der Waals surface area contributed by atoms with E-state index >= 15 is 0 Å². The maximum Gasteiger partial charge on any atom is 0.276 e. The van der Waals surface area contributed by atoms with Crippen molar-refractivity contribution in [2.45, 2.75) is 0 Å². The molecule has 0 amide bonds. The van der Waals surface area contributed by atoms with Crippen molar-refractivity contribution in [3.05, 3.63) is 83.9 Å². The fourth-order valence-corrected chi connectivity index (χ4v) is 2.17. The van der Waals surface area contributed by atoms with Crippen molar-refractivity contribution in [2.75, 3.05) is 0 Å². The van der Waals surface area contributed by atoms with Crippen molar-refractivity contribution in [1.29, 1.82) is 0 Å². The molecule has 3 aromatic rings. The number of Topliss-reactive ketones (excluding diaryl/α,β-unsaturated/α-hetero) is 2. The first-order valence-corrected chi connectivity index (χ1v) is 6.88. The van der Waals surface area contributed by atoms with Crippen LogP contribution in [-0.2, 0) is 4.79 Å². The molecule has 0 aliphatic heterocycles. The van der Waals surface area contributed by atoms with Gasteiger partial charge in [-0.15, -0.1) is 0 Å². The second kappa shape index (κ2) is 6.07. The van der Waals surface area contributed by atoms with Crippen molar-refractivity contribution in [1.82, 2.24) is 0 Å². The molecule has 3 rings (SSSR count). The first kappa shape index (κ1) is 13.8. The number of carbonyl (C=O) groups is 2. The summed E-state index contributed by atoms with van der Waals surface area (Å²) in [6, 6.07) is 22.0. The molecule has 0 aromatic heterocycles. The minimum absolute atomic E-state index is 0.367. The van der Waals surface area contributed by atoms with Crippen LogP contribution < -0.4 is 0 Å². The summed E-state index contributed by atoms with van der Waals surface area (Å²) in [6.45, 7) is 0. The summed E-state index contributed by atoms with van der Waals surface area (Å²) in [5.74, 6) is 3.85. The molecule has 0 spiro atoms. The molecule has 0 atom stereocenters. The Labute approximate surface area is 128 Å². The fraction of sp³-hybridized carbons (Fsp3) is 0. The third-order valence-corrected chi connectivity index (χ3v) is 3.31. The molecule has 0 unspecified atom stereocenters. The number of carbonyl (C=O) groups excluding carboxylic acids is 2. The lowest BCUT2D eigenvalue weighted by molar-refractivity contribution is -0.110. The summed E-state index contributed by atoms with van der Waals surface area (Å²) >= 11 is 0. The summed E-state index contributed by atoms with van der Waals surface area (Å²) in [7, 11) is 0.